The largest absolute Gasteiger partial charge is 0.497 e. The maximum atomic E-state index is 6.01. The molecule has 0 aliphatic carbocycles. The summed E-state index contributed by atoms with van der Waals surface area (Å²) < 4.78 is 11.0. The molecule has 2 aromatic carbocycles. The fourth-order valence-corrected chi connectivity index (χ4v) is 2.46. The van der Waals surface area contributed by atoms with E-state index in [0.29, 0.717) is 27.4 Å². The quantitative estimate of drug-likeness (QED) is 0.730. The summed E-state index contributed by atoms with van der Waals surface area (Å²) in [6.45, 7) is 0. The summed E-state index contributed by atoms with van der Waals surface area (Å²) in [6.07, 6.45) is 0. The Bertz CT molecular complexity index is 949. The fraction of sp³-hybridized carbons (Fsp3) is 0.0588. The number of nitrogens with zero attached hydrogens (tertiary/aromatic N) is 1. The molecule has 0 atom stereocenters. The maximum absolute atomic E-state index is 6.01. The van der Waals surface area contributed by atoms with Crippen molar-refractivity contribution in [2.45, 2.75) is 0 Å². The minimum absolute atomic E-state index is 0.211. The van der Waals surface area contributed by atoms with Gasteiger partial charge in [-0.15, -0.1) is 0 Å². The van der Waals surface area contributed by atoms with Gasteiger partial charge in [0.2, 0.25) is 5.55 Å². The molecular weight excluding hydrogens is 332 g/mol. The van der Waals surface area contributed by atoms with Gasteiger partial charge in [-0.25, -0.2) is 4.99 Å². The molecule has 1 heterocycles. The topological polar surface area (TPSA) is 60.8 Å². The van der Waals surface area contributed by atoms with Crippen molar-refractivity contribution < 1.29 is 9.15 Å². The van der Waals surface area contributed by atoms with E-state index in [2.05, 4.69) is 4.99 Å². The second-order valence-corrected chi connectivity index (χ2v) is 5.70. The average Bonchev–Trinajstić information content (AvgIpc) is 2.55. The van der Waals surface area contributed by atoms with Gasteiger partial charge in [0.05, 0.1) is 18.4 Å². The van der Waals surface area contributed by atoms with Crippen molar-refractivity contribution in [3.05, 3.63) is 64.7 Å². The van der Waals surface area contributed by atoms with Gasteiger partial charge < -0.3 is 14.9 Å². The normalized spacial score (nSPS) is 11.7. The Morgan fingerprint density at radius 3 is 2.57 bits per heavy atom. The molecule has 0 radical (unpaired) electrons. The third-order valence-corrected chi connectivity index (χ3v) is 3.73. The van der Waals surface area contributed by atoms with Crippen molar-refractivity contribution in [3.8, 4) is 5.75 Å². The van der Waals surface area contributed by atoms with E-state index in [1.807, 2.05) is 30.3 Å². The Balaban J connectivity index is 2.21. The van der Waals surface area contributed by atoms with E-state index in [4.69, 9.17) is 38.7 Å². The zero-order valence-corrected chi connectivity index (χ0v) is 13.8. The molecular formula is C17H13ClN2O2S. The van der Waals surface area contributed by atoms with Gasteiger partial charge in [-0.3, -0.25) is 0 Å². The van der Waals surface area contributed by atoms with Crippen LogP contribution in [-0.4, -0.2) is 12.1 Å². The van der Waals surface area contributed by atoms with E-state index in [1.54, 1.807) is 25.3 Å². The molecule has 23 heavy (non-hydrogen) atoms. The number of rotatable bonds is 3. The van der Waals surface area contributed by atoms with E-state index in [-0.39, 0.29) is 4.99 Å². The van der Waals surface area contributed by atoms with E-state index < -0.39 is 0 Å². The van der Waals surface area contributed by atoms with Gasteiger partial charge >= 0.3 is 0 Å². The lowest BCUT2D eigenvalue weighted by atomic mass is 10.2. The van der Waals surface area contributed by atoms with Crippen LogP contribution in [0, 0.1) is 0 Å². The molecule has 0 fully saturated rings. The number of methoxy groups -OCH3 is 1. The molecule has 116 valence electrons. The lowest BCUT2D eigenvalue weighted by Gasteiger charge is -2.04. The van der Waals surface area contributed by atoms with Crippen molar-refractivity contribution in [2.75, 3.05) is 7.11 Å². The molecule has 6 heteroatoms. The summed E-state index contributed by atoms with van der Waals surface area (Å²) in [5, 5.41) is 1.43. The minimum Gasteiger partial charge on any atom is -0.497 e. The molecule has 0 aliphatic rings. The molecule has 4 nitrogen and oxygen atoms in total. The van der Waals surface area contributed by atoms with E-state index in [9.17, 15) is 0 Å². The molecule has 0 unspecified atom stereocenters. The van der Waals surface area contributed by atoms with Gasteiger partial charge in [0.15, 0.2) is 0 Å². The molecule has 2 N–H and O–H groups in total. The van der Waals surface area contributed by atoms with Crippen LogP contribution in [0.1, 0.15) is 5.56 Å². The molecule has 0 saturated heterocycles. The van der Waals surface area contributed by atoms with Gasteiger partial charge in [0, 0.05) is 10.4 Å². The van der Waals surface area contributed by atoms with Crippen LogP contribution >= 0.6 is 23.8 Å². The summed E-state index contributed by atoms with van der Waals surface area (Å²) in [7, 11) is 1.61. The summed E-state index contributed by atoms with van der Waals surface area (Å²) in [5.41, 5.74) is 8.08. The monoisotopic (exact) mass is 344 g/mol. The second-order valence-electron chi connectivity index (χ2n) is 4.82. The van der Waals surface area contributed by atoms with Gasteiger partial charge in [0.25, 0.3) is 0 Å². The summed E-state index contributed by atoms with van der Waals surface area (Å²) in [5.74, 6) is 0.753. The molecule has 0 saturated carbocycles. The van der Waals surface area contributed by atoms with Gasteiger partial charge in [-0.1, -0.05) is 23.8 Å². The highest BCUT2D eigenvalue weighted by Gasteiger charge is 2.07. The van der Waals surface area contributed by atoms with Crippen LogP contribution in [0.2, 0.25) is 5.02 Å². The lowest BCUT2D eigenvalue weighted by molar-refractivity contribution is 0.415. The van der Waals surface area contributed by atoms with Crippen molar-refractivity contribution in [1.29, 1.82) is 0 Å². The van der Waals surface area contributed by atoms with Crippen molar-refractivity contribution in [2.24, 2.45) is 10.7 Å². The SMILES string of the molecule is COc1ccc(N=c2oc3ccc(Cl)cc3cc2C(N)=S)cc1. The highest BCUT2D eigenvalue weighted by atomic mass is 35.5. The first-order chi connectivity index (χ1) is 11.1. The van der Waals surface area contributed by atoms with Crippen molar-refractivity contribution in [3.63, 3.8) is 0 Å². The molecule has 0 bridgehead atoms. The molecule has 0 amide bonds. The third kappa shape index (κ3) is 3.36. The highest BCUT2D eigenvalue weighted by molar-refractivity contribution is 7.80. The van der Waals surface area contributed by atoms with Gasteiger partial charge in [-0.05, 0) is 48.5 Å². The first-order valence-corrected chi connectivity index (χ1v) is 7.57. The summed E-state index contributed by atoms with van der Waals surface area (Å²) in [6, 6.07) is 14.4. The van der Waals surface area contributed by atoms with Crippen LogP contribution in [-0.2, 0) is 0 Å². The van der Waals surface area contributed by atoms with Crippen LogP contribution < -0.4 is 16.0 Å². The Morgan fingerprint density at radius 2 is 1.91 bits per heavy atom. The number of halogens is 1. The zero-order valence-electron chi connectivity index (χ0n) is 12.2. The van der Waals surface area contributed by atoms with E-state index >= 15 is 0 Å². The summed E-state index contributed by atoms with van der Waals surface area (Å²) >= 11 is 11.1. The number of thiocarbonyl (C=S) groups is 1. The predicted octanol–water partition coefficient (Wildman–Crippen LogP) is 3.96. The standard InChI is InChI=1S/C17H13ClN2O2S/c1-21-13-5-3-12(4-6-13)20-17-14(16(19)23)9-10-8-11(18)2-7-15(10)22-17/h2-9H,1H3,(H2,19,23). The smallest absolute Gasteiger partial charge is 0.230 e. The Morgan fingerprint density at radius 1 is 1.17 bits per heavy atom. The average molecular weight is 345 g/mol. The lowest BCUT2D eigenvalue weighted by Crippen LogP contribution is -2.20. The first kappa shape index (κ1) is 15.5. The number of hydrogen-bond acceptors (Lipinski definition) is 4. The van der Waals surface area contributed by atoms with Crippen molar-refractivity contribution >= 4 is 45.5 Å². The van der Waals surface area contributed by atoms with Crippen LogP contribution in [0.3, 0.4) is 0 Å². The van der Waals surface area contributed by atoms with Crippen LogP contribution in [0.15, 0.2) is 57.9 Å². The fourth-order valence-electron chi connectivity index (χ4n) is 2.14. The minimum atomic E-state index is 0.211. The predicted molar refractivity (Wildman–Crippen MR) is 95.3 cm³/mol. The maximum Gasteiger partial charge on any atom is 0.230 e. The number of ether oxygens (including phenoxy) is 1. The Labute approximate surface area is 143 Å². The number of fused-ring (bicyclic) bond motifs is 1. The summed E-state index contributed by atoms with van der Waals surface area (Å²) in [4.78, 5) is 4.70. The Kier molecular flexibility index (Phi) is 4.32. The van der Waals surface area contributed by atoms with Crippen LogP contribution in [0.5, 0.6) is 5.75 Å². The zero-order chi connectivity index (χ0) is 16.4. The molecule has 3 aromatic rings. The number of benzene rings is 2. The molecule has 3 rings (SSSR count). The van der Waals surface area contributed by atoms with Crippen LogP contribution in [0.25, 0.3) is 11.0 Å². The molecule has 1 aromatic heterocycles. The second kappa shape index (κ2) is 6.40. The van der Waals surface area contributed by atoms with E-state index in [1.165, 1.54) is 0 Å². The third-order valence-electron chi connectivity index (χ3n) is 3.28. The van der Waals surface area contributed by atoms with Gasteiger partial charge in [0.1, 0.15) is 16.3 Å². The molecule has 0 aliphatic heterocycles. The first-order valence-electron chi connectivity index (χ1n) is 6.79. The van der Waals surface area contributed by atoms with Gasteiger partial charge in [-0.2, -0.15) is 0 Å². The van der Waals surface area contributed by atoms with Crippen LogP contribution in [0.4, 0.5) is 5.69 Å². The molecule has 0 spiro atoms. The van der Waals surface area contributed by atoms with E-state index in [0.717, 1.165) is 11.1 Å². The number of hydrogen-bond donors (Lipinski definition) is 1. The Hall–Kier alpha value is -2.37. The number of nitrogens with two attached hydrogens (primary N) is 1. The highest BCUT2D eigenvalue weighted by Crippen LogP contribution is 2.20. The van der Waals surface area contributed by atoms with Crippen molar-refractivity contribution in [1.82, 2.24) is 0 Å².